The molecule has 20 heavy (non-hydrogen) atoms. The van der Waals surface area contributed by atoms with Gasteiger partial charge in [0.05, 0.1) is 0 Å². The topological polar surface area (TPSA) is 15.3 Å². The van der Waals surface area contributed by atoms with Crippen LogP contribution in [0.3, 0.4) is 0 Å². The fourth-order valence-electron chi connectivity index (χ4n) is 5.21. The molecule has 0 aromatic carbocycles. The molecule has 1 N–H and O–H groups in total. The molecule has 0 amide bonds. The Morgan fingerprint density at radius 2 is 1.90 bits per heavy atom. The molecule has 1 heterocycles. The number of piperazine rings is 1. The number of fused-ring (bicyclic) bond motifs is 2. The summed E-state index contributed by atoms with van der Waals surface area (Å²) in [5.74, 6) is 3.22. The third-order valence-corrected chi connectivity index (χ3v) is 6.23. The average Bonchev–Trinajstić information content (AvgIpc) is 3.05. The van der Waals surface area contributed by atoms with Crippen molar-refractivity contribution < 1.29 is 0 Å². The molecular formula is C18H34N2. The normalized spacial score (nSPS) is 41.4. The van der Waals surface area contributed by atoms with Gasteiger partial charge in [-0.15, -0.1) is 0 Å². The van der Waals surface area contributed by atoms with Crippen molar-refractivity contribution in [2.24, 2.45) is 17.8 Å². The van der Waals surface area contributed by atoms with Gasteiger partial charge in [-0.1, -0.05) is 33.1 Å². The Morgan fingerprint density at radius 1 is 1.05 bits per heavy atom. The summed E-state index contributed by atoms with van der Waals surface area (Å²) in [6.07, 6.45) is 11.6. The van der Waals surface area contributed by atoms with Crippen LogP contribution in [0.25, 0.3) is 0 Å². The summed E-state index contributed by atoms with van der Waals surface area (Å²) in [5, 5.41) is 3.80. The maximum Gasteiger partial charge on any atom is 0.0221 e. The Labute approximate surface area is 125 Å². The van der Waals surface area contributed by atoms with E-state index in [1.54, 1.807) is 19.3 Å². The fourth-order valence-corrected chi connectivity index (χ4v) is 5.21. The van der Waals surface area contributed by atoms with E-state index in [4.69, 9.17) is 0 Å². The third-order valence-electron chi connectivity index (χ3n) is 6.23. The summed E-state index contributed by atoms with van der Waals surface area (Å²) in [5.41, 5.74) is 0. The molecule has 0 aromatic rings. The second kappa shape index (κ2) is 6.79. The first-order valence-corrected chi connectivity index (χ1v) is 9.27. The number of rotatable bonds is 6. The van der Waals surface area contributed by atoms with Crippen molar-refractivity contribution in [1.82, 2.24) is 10.2 Å². The Balaban J connectivity index is 1.57. The molecule has 2 nitrogen and oxygen atoms in total. The van der Waals surface area contributed by atoms with Gasteiger partial charge in [0.15, 0.2) is 0 Å². The molecule has 0 radical (unpaired) electrons. The molecule has 5 atom stereocenters. The van der Waals surface area contributed by atoms with Gasteiger partial charge in [0, 0.05) is 31.7 Å². The lowest BCUT2D eigenvalue weighted by Crippen LogP contribution is -2.57. The maximum absolute atomic E-state index is 3.80. The van der Waals surface area contributed by atoms with E-state index in [2.05, 4.69) is 24.1 Å². The van der Waals surface area contributed by atoms with Gasteiger partial charge in [-0.2, -0.15) is 0 Å². The van der Waals surface area contributed by atoms with E-state index < -0.39 is 0 Å². The molecule has 116 valence electrons. The summed E-state index contributed by atoms with van der Waals surface area (Å²) in [6.45, 7) is 8.62. The largest absolute Gasteiger partial charge is 0.311 e. The Bertz CT molecular complexity index is 304. The lowest BCUT2D eigenvalue weighted by Gasteiger charge is -2.42. The van der Waals surface area contributed by atoms with Crippen molar-refractivity contribution in [1.29, 1.82) is 0 Å². The van der Waals surface area contributed by atoms with Crippen LogP contribution in [0.4, 0.5) is 0 Å². The van der Waals surface area contributed by atoms with Crippen molar-refractivity contribution >= 4 is 0 Å². The minimum absolute atomic E-state index is 0.756. The minimum Gasteiger partial charge on any atom is -0.311 e. The summed E-state index contributed by atoms with van der Waals surface area (Å²) in [4.78, 5) is 2.88. The van der Waals surface area contributed by atoms with Gasteiger partial charge in [-0.3, -0.25) is 4.90 Å². The van der Waals surface area contributed by atoms with Crippen LogP contribution >= 0.6 is 0 Å². The van der Waals surface area contributed by atoms with Crippen molar-refractivity contribution in [3.8, 4) is 0 Å². The van der Waals surface area contributed by atoms with Gasteiger partial charge in [0.1, 0.15) is 0 Å². The molecule has 2 bridgehead atoms. The molecule has 3 aliphatic rings. The van der Waals surface area contributed by atoms with Crippen LogP contribution in [0, 0.1) is 17.8 Å². The zero-order valence-corrected chi connectivity index (χ0v) is 13.6. The summed E-state index contributed by atoms with van der Waals surface area (Å²) < 4.78 is 0. The Kier molecular flexibility index (Phi) is 5.04. The van der Waals surface area contributed by atoms with E-state index in [-0.39, 0.29) is 0 Å². The van der Waals surface area contributed by atoms with Crippen LogP contribution in [0.2, 0.25) is 0 Å². The first kappa shape index (κ1) is 14.8. The Morgan fingerprint density at radius 3 is 2.55 bits per heavy atom. The molecule has 2 aliphatic carbocycles. The van der Waals surface area contributed by atoms with E-state index in [9.17, 15) is 0 Å². The van der Waals surface area contributed by atoms with Crippen LogP contribution < -0.4 is 5.32 Å². The number of hydrogen-bond donors (Lipinski definition) is 1. The summed E-state index contributed by atoms with van der Waals surface area (Å²) in [6, 6.07) is 1.57. The van der Waals surface area contributed by atoms with Gasteiger partial charge in [-0.05, 0) is 49.9 Å². The van der Waals surface area contributed by atoms with Gasteiger partial charge in [0.25, 0.3) is 0 Å². The molecule has 1 aliphatic heterocycles. The van der Waals surface area contributed by atoms with Crippen LogP contribution in [-0.2, 0) is 0 Å². The molecule has 3 rings (SSSR count). The Hall–Kier alpha value is -0.0800. The second-order valence-electron chi connectivity index (χ2n) is 7.73. The molecule has 5 unspecified atom stereocenters. The molecule has 2 heteroatoms. The molecular weight excluding hydrogens is 244 g/mol. The van der Waals surface area contributed by atoms with E-state index in [0.717, 1.165) is 29.8 Å². The molecule has 0 aromatic heterocycles. The van der Waals surface area contributed by atoms with Crippen molar-refractivity contribution in [2.45, 2.75) is 77.3 Å². The zero-order chi connectivity index (χ0) is 13.9. The quantitative estimate of drug-likeness (QED) is 0.797. The highest BCUT2D eigenvalue weighted by Crippen LogP contribution is 2.48. The van der Waals surface area contributed by atoms with Gasteiger partial charge in [0.2, 0.25) is 0 Å². The van der Waals surface area contributed by atoms with Gasteiger partial charge >= 0.3 is 0 Å². The maximum atomic E-state index is 3.80. The number of hydrogen-bond acceptors (Lipinski definition) is 2. The highest BCUT2D eigenvalue weighted by molar-refractivity contribution is 4.94. The van der Waals surface area contributed by atoms with Crippen LogP contribution in [0.1, 0.15) is 65.2 Å². The van der Waals surface area contributed by atoms with Crippen molar-refractivity contribution in [2.75, 3.05) is 19.6 Å². The third kappa shape index (κ3) is 3.22. The summed E-state index contributed by atoms with van der Waals surface area (Å²) in [7, 11) is 0. The highest BCUT2D eigenvalue weighted by Gasteiger charge is 2.41. The zero-order valence-electron chi connectivity index (χ0n) is 13.6. The average molecular weight is 278 g/mol. The minimum atomic E-state index is 0.756. The lowest BCUT2D eigenvalue weighted by molar-refractivity contribution is 0.0869. The smallest absolute Gasteiger partial charge is 0.0221 e. The number of nitrogens with one attached hydrogen (secondary N) is 1. The van der Waals surface area contributed by atoms with Crippen LogP contribution in [0.15, 0.2) is 0 Å². The van der Waals surface area contributed by atoms with E-state index in [1.165, 1.54) is 51.7 Å². The van der Waals surface area contributed by atoms with Crippen LogP contribution in [0.5, 0.6) is 0 Å². The molecule has 3 fully saturated rings. The monoisotopic (exact) mass is 278 g/mol. The highest BCUT2D eigenvalue weighted by atomic mass is 15.2. The summed E-state index contributed by atoms with van der Waals surface area (Å²) >= 11 is 0. The molecule has 1 saturated heterocycles. The number of nitrogens with zero attached hydrogens (tertiary/aromatic N) is 1. The van der Waals surface area contributed by atoms with Crippen molar-refractivity contribution in [3.05, 3.63) is 0 Å². The lowest BCUT2D eigenvalue weighted by atomic mass is 9.87. The first-order valence-electron chi connectivity index (χ1n) is 9.27. The predicted molar refractivity (Wildman–Crippen MR) is 85.9 cm³/mol. The predicted octanol–water partition coefficient (Wildman–Crippen LogP) is 3.67. The molecule has 2 saturated carbocycles. The second-order valence-corrected chi connectivity index (χ2v) is 7.73. The first-order chi connectivity index (χ1) is 9.80. The van der Waals surface area contributed by atoms with Gasteiger partial charge < -0.3 is 5.32 Å². The fraction of sp³-hybridized carbons (Fsp3) is 1.00. The standard InChI is InChI=1S/C18H34N2/c1-3-5-17-13-20(18(6-4-2)11-19-17)12-16-10-14-7-8-15(16)9-14/h14-19H,3-13H2,1-2H3. The van der Waals surface area contributed by atoms with E-state index >= 15 is 0 Å². The van der Waals surface area contributed by atoms with Crippen LogP contribution in [-0.4, -0.2) is 36.6 Å². The van der Waals surface area contributed by atoms with Crippen molar-refractivity contribution in [3.63, 3.8) is 0 Å². The van der Waals surface area contributed by atoms with E-state index in [0.29, 0.717) is 0 Å². The van der Waals surface area contributed by atoms with E-state index in [1.807, 2.05) is 0 Å². The SMILES string of the molecule is CCCC1CN(CC2CC3CCC2C3)C(CCC)CN1. The molecule has 0 spiro atoms. The van der Waals surface area contributed by atoms with Gasteiger partial charge in [-0.25, -0.2) is 0 Å².